The van der Waals surface area contributed by atoms with Crippen LogP contribution in [0.2, 0.25) is 0 Å². The van der Waals surface area contributed by atoms with Gasteiger partial charge in [0.25, 0.3) is 10.0 Å². The molecular formula is C16H13F3N2O4S. The number of carbonyl (C=O) groups excluding carboxylic acids is 1. The van der Waals surface area contributed by atoms with Crippen LogP contribution in [0, 0.1) is 0 Å². The average molecular weight is 386 g/mol. The van der Waals surface area contributed by atoms with Gasteiger partial charge in [-0.25, -0.2) is 13.2 Å². The van der Waals surface area contributed by atoms with Gasteiger partial charge in [0, 0.05) is 13.1 Å². The van der Waals surface area contributed by atoms with Crippen molar-refractivity contribution < 1.29 is 31.1 Å². The van der Waals surface area contributed by atoms with Gasteiger partial charge in [0.15, 0.2) is 0 Å². The summed E-state index contributed by atoms with van der Waals surface area (Å²) < 4.78 is 69.3. The van der Waals surface area contributed by atoms with E-state index < -0.39 is 27.8 Å². The normalized spacial score (nSPS) is 16.4. The number of halogens is 3. The van der Waals surface area contributed by atoms with Crippen molar-refractivity contribution in [1.29, 1.82) is 0 Å². The fraction of sp³-hybridized carbons (Fsp3) is 0.188. The van der Waals surface area contributed by atoms with Crippen LogP contribution < -0.4 is 13.9 Å². The monoisotopic (exact) mass is 386 g/mol. The van der Waals surface area contributed by atoms with Crippen LogP contribution in [-0.4, -0.2) is 28.6 Å². The SMILES string of the molecule is COc1ccc2c(c1)N(C)C(=O)N(c1ccc(C(F)(F)F)cc1)S2(=O)=O. The lowest BCUT2D eigenvalue weighted by atomic mass is 10.2. The molecule has 0 aliphatic carbocycles. The molecule has 0 N–H and O–H groups in total. The number of alkyl halides is 3. The van der Waals surface area contributed by atoms with E-state index in [4.69, 9.17) is 4.74 Å². The fourth-order valence-electron chi connectivity index (χ4n) is 2.58. The summed E-state index contributed by atoms with van der Waals surface area (Å²) in [6.07, 6.45) is -4.57. The number of nitrogens with zero attached hydrogens (tertiary/aromatic N) is 2. The molecule has 3 rings (SSSR count). The van der Waals surface area contributed by atoms with Crippen LogP contribution in [0.4, 0.5) is 29.3 Å². The first-order valence-corrected chi connectivity index (χ1v) is 8.69. The molecule has 0 fully saturated rings. The number of fused-ring (bicyclic) bond motifs is 1. The van der Waals surface area contributed by atoms with Gasteiger partial charge in [-0.1, -0.05) is 0 Å². The highest BCUT2D eigenvalue weighted by atomic mass is 32.2. The number of rotatable bonds is 2. The van der Waals surface area contributed by atoms with Crippen LogP contribution >= 0.6 is 0 Å². The smallest absolute Gasteiger partial charge is 0.416 e. The Labute approximate surface area is 147 Å². The summed E-state index contributed by atoms with van der Waals surface area (Å²) in [6, 6.07) is 6.53. The zero-order chi connectivity index (χ0) is 19.3. The number of ether oxygens (including phenoxy) is 1. The quantitative estimate of drug-likeness (QED) is 0.793. The zero-order valence-electron chi connectivity index (χ0n) is 13.6. The number of carbonyl (C=O) groups is 1. The Balaban J connectivity index is 2.13. The summed E-state index contributed by atoms with van der Waals surface area (Å²) in [5.41, 5.74) is -1.00. The number of urea groups is 1. The molecule has 0 saturated heterocycles. The Morgan fingerprint density at radius 1 is 1.04 bits per heavy atom. The Morgan fingerprint density at radius 2 is 1.65 bits per heavy atom. The third-order valence-corrected chi connectivity index (χ3v) is 5.68. The van der Waals surface area contributed by atoms with Gasteiger partial charge >= 0.3 is 12.2 Å². The molecule has 2 amide bonds. The predicted molar refractivity (Wildman–Crippen MR) is 87.9 cm³/mol. The van der Waals surface area contributed by atoms with Crippen LogP contribution in [0.1, 0.15) is 5.56 Å². The number of benzene rings is 2. The molecule has 1 aliphatic rings. The van der Waals surface area contributed by atoms with Gasteiger partial charge in [-0.2, -0.15) is 17.5 Å². The molecule has 26 heavy (non-hydrogen) atoms. The van der Waals surface area contributed by atoms with Gasteiger partial charge in [-0.3, -0.25) is 4.90 Å². The first-order valence-electron chi connectivity index (χ1n) is 7.25. The second-order valence-corrected chi connectivity index (χ2v) is 7.24. The summed E-state index contributed by atoms with van der Waals surface area (Å²) in [6.45, 7) is 0. The molecule has 0 saturated carbocycles. The minimum absolute atomic E-state index is 0.123. The molecular weight excluding hydrogens is 373 g/mol. The van der Waals surface area contributed by atoms with Gasteiger partial charge in [-0.15, -0.1) is 0 Å². The highest BCUT2D eigenvalue weighted by Crippen LogP contribution is 2.39. The molecule has 6 nitrogen and oxygen atoms in total. The highest BCUT2D eigenvalue weighted by Gasteiger charge is 2.41. The van der Waals surface area contributed by atoms with Gasteiger partial charge in [0.2, 0.25) is 0 Å². The standard InChI is InChI=1S/C16H13F3N2O4S/c1-20-13-9-12(25-2)7-8-14(13)26(23,24)21(15(20)22)11-5-3-10(4-6-11)16(17,18)19/h3-9H,1-2H3. The van der Waals surface area contributed by atoms with E-state index in [2.05, 4.69) is 0 Å². The number of sulfonamides is 1. The van der Waals surface area contributed by atoms with Crippen molar-refractivity contribution >= 4 is 27.4 Å². The van der Waals surface area contributed by atoms with Crippen LogP contribution in [0.5, 0.6) is 5.75 Å². The maximum Gasteiger partial charge on any atom is 0.416 e. The van der Waals surface area contributed by atoms with Gasteiger partial charge in [0.1, 0.15) is 10.6 Å². The second kappa shape index (κ2) is 5.90. The molecule has 1 aliphatic heterocycles. The topological polar surface area (TPSA) is 66.9 Å². The summed E-state index contributed by atoms with van der Waals surface area (Å²) in [5.74, 6) is 0.363. The lowest BCUT2D eigenvalue weighted by Crippen LogP contribution is -2.49. The van der Waals surface area contributed by atoms with E-state index in [0.29, 0.717) is 10.1 Å². The average Bonchev–Trinajstić information content (AvgIpc) is 2.59. The third-order valence-electron chi connectivity index (χ3n) is 3.94. The van der Waals surface area contributed by atoms with E-state index in [-0.39, 0.29) is 16.3 Å². The van der Waals surface area contributed by atoms with Crippen molar-refractivity contribution in [2.24, 2.45) is 0 Å². The molecule has 2 aromatic carbocycles. The van der Waals surface area contributed by atoms with Gasteiger partial charge < -0.3 is 4.74 Å². The van der Waals surface area contributed by atoms with Crippen molar-refractivity contribution in [3.63, 3.8) is 0 Å². The Morgan fingerprint density at radius 3 is 2.19 bits per heavy atom. The van der Waals surface area contributed by atoms with Crippen LogP contribution in [0.25, 0.3) is 0 Å². The summed E-state index contributed by atoms with van der Waals surface area (Å²) in [4.78, 5) is 13.5. The Kier molecular flexibility index (Phi) is 4.10. The maximum absolute atomic E-state index is 12.9. The number of amides is 2. The lowest BCUT2D eigenvalue weighted by Gasteiger charge is -2.34. The summed E-state index contributed by atoms with van der Waals surface area (Å²) >= 11 is 0. The molecule has 0 atom stereocenters. The minimum Gasteiger partial charge on any atom is -0.497 e. The van der Waals surface area contributed by atoms with E-state index >= 15 is 0 Å². The minimum atomic E-state index is -4.57. The lowest BCUT2D eigenvalue weighted by molar-refractivity contribution is -0.137. The molecule has 10 heteroatoms. The highest BCUT2D eigenvalue weighted by molar-refractivity contribution is 7.94. The van der Waals surface area contributed by atoms with Crippen LogP contribution in [0.3, 0.4) is 0 Å². The summed E-state index contributed by atoms with van der Waals surface area (Å²) in [7, 11) is -1.52. The molecule has 0 radical (unpaired) electrons. The zero-order valence-corrected chi connectivity index (χ0v) is 14.4. The molecule has 138 valence electrons. The Hall–Kier alpha value is -2.75. The molecule has 0 unspecified atom stereocenters. The van der Waals surface area contributed by atoms with Crippen molar-refractivity contribution in [2.45, 2.75) is 11.1 Å². The first kappa shape index (κ1) is 18.1. The molecule has 1 heterocycles. The number of methoxy groups -OCH3 is 1. The largest absolute Gasteiger partial charge is 0.497 e. The third kappa shape index (κ3) is 2.75. The van der Waals surface area contributed by atoms with Crippen LogP contribution in [0.15, 0.2) is 47.4 Å². The summed E-state index contributed by atoms with van der Waals surface area (Å²) in [5, 5.41) is 0. The molecule has 0 aromatic heterocycles. The Bertz CT molecular complexity index is 972. The second-order valence-electron chi connectivity index (χ2n) is 5.49. The molecule has 2 aromatic rings. The van der Waals surface area contributed by atoms with Crippen molar-refractivity contribution in [2.75, 3.05) is 23.4 Å². The number of anilines is 2. The van der Waals surface area contributed by atoms with E-state index in [1.54, 1.807) is 0 Å². The van der Waals surface area contributed by atoms with E-state index in [9.17, 15) is 26.4 Å². The van der Waals surface area contributed by atoms with E-state index in [0.717, 1.165) is 29.2 Å². The molecule has 0 spiro atoms. The molecule has 0 bridgehead atoms. The van der Waals surface area contributed by atoms with Gasteiger partial charge in [0.05, 0.1) is 24.0 Å². The maximum atomic E-state index is 12.9. The number of hydrogen-bond donors (Lipinski definition) is 0. The van der Waals surface area contributed by atoms with Crippen LogP contribution in [-0.2, 0) is 16.2 Å². The predicted octanol–water partition coefficient (Wildman–Crippen LogP) is 3.48. The van der Waals surface area contributed by atoms with Gasteiger partial charge in [-0.05, 0) is 36.4 Å². The first-order chi connectivity index (χ1) is 12.1. The number of hydrogen-bond acceptors (Lipinski definition) is 4. The van der Waals surface area contributed by atoms with E-state index in [1.807, 2.05) is 0 Å². The van der Waals surface area contributed by atoms with E-state index in [1.165, 1.54) is 32.4 Å². The van der Waals surface area contributed by atoms with Crippen molar-refractivity contribution in [1.82, 2.24) is 0 Å². The fourth-order valence-corrected chi connectivity index (χ4v) is 4.20. The van der Waals surface area contributed by atoms with Crippen molar-refractivity contribution in [3.05, 3.63) is 48.0 Å². The van der Waals surface area contributed by atoms with Crippen molar-refractivity contribution in [3.8, 4) is 5.75 Å².